The topological polar surface area (TPSA) is 71.1 Å². The highest BCUT2D eigenvalue weighted by Gasteiger charge is 2.20. The van der Waals surface area contributed by atoms with Crippen molar-refractivity contribution in [3.8, 4) is 11.5 Å². The molecule has 2 aliphatic rings. The van der Waals surface area contributed by atoms with Gasteiger partial charge in [0.05, 0.1) is 6.42 Å². The van der Waals surface area contributed by atoms with Crippen molar-refractivity contribution in [3.05, 3.63) is 23.8 Å². The van der Waals surface area contributed by atoms with Crippen molar-refractivity contribution in [2.75, 3.05) is 52.5 Å². The van der Waals surface area contributed by atoms with E-state index in [1.165, 1.54) is 0 Å². The summed E-state index contributed by atoms with van der Waals surface area (Å²) in [6, 6.07) is 5.54. The number of nitrogens with zero attached hydrogens (tertiary/aromatic N) is 2. The van der Waals surface area contributed by atoms with Crippen LogP contribution in [0.15, 0.2) is 18.2 Å². The molecule has 0 saturated carbocycles. The van der Waals surface area contributed by atoms with Crippen molar-refractivity contribution in [1.82, 2.24) is 15.1 Å². The van der Waals surface area contributed by atoms with Crippen LogP contribution in [0.3, 0.4) is 0 Å². The Morgan fingerprint density at radius 2 is 1.81 bits per heavy atom. The molecule has 26 heavy (non-hydrogen) atoms. The van der Waals surface area contributed by atoms with Crippen LogP contribution in [0, 0.1) is 0 Å². The van der Waals surface area contributed by atoms with Crippen molar-refractivity contribution >= 4 is 11.8 Å². The Labute approximate surface area is 154 Å². The zero-order valence-corrected chi connectivity index (χ0v) is 15.3. The van der Waals surface area contributed by atoms with E-state index in [1.54, 1.807) is 0 Å². The van der Waals surface area contributed by atoms with E-state index in [4.69, 9.17) is 9.47 Å². The molecule has 1 fully saturated rings. The van der Waals surface area contributed by atoms with Gasteiger partial charge >= 0.3 is 0 Å². The fourth-order valence-corrected chi connectivity index (χ4v) is 3.23. The molecule has 7 nitrogen and oxygen atoms in total. The van der Waals surface area contributed by atoms with E-state index in [0.717, 1.165) is 38.3 Å². The van der Waals surface area contributed by atoms with Gasteiger partial charge in [-0.25, -0.2) is 0 Å². The number of carbonyl (C=O) groups excluding carboxylic acids is 2. The largest absolute Gasteiger partial charge is 0.486 e. The summed E-state index contributed by atoms with van der Waals surface area (Å²) in [4.78, 5) is 28.5. The molecule has 1 N–H and O–H groups in total. The van der Waals surface area contributed by atoms with Crippen molar-refractivity contribution in [2.24, 2.45) is 0 Å². The van der Waals surface area contributed by atoms with E-state index >= 15 is 0 Å². The fourth-order valence-electron chi connectivity index (χ4n) is 3.23. The number of rotatable bonds is 6. The third-order valence-corrected chi connectivity index (χ3v) is 4.80. The smallest absolute Gasteiger partial charge is 0.224 e. The predicted octanol–water partition coefficient (Wildman–Crippen LogP) is 0.671. The molecule has 3 rings (SSSR count). The normalized spacial score (nSPS) is 17.0. The minimum Gasteiger partial charge on any atom is -0.486 e. The van der Waals surface area contributed by atoms with Gasteiger partial charge in [-0.3, -0.25) is 9.59 Å². The molecule has 2 heterocycles. The summed E-state index contributed by atoms with van der Waals surface area (Å²) in [6.07, 6.45) is 0.610. The summed E-state index contributed by atoms with van der Waals surface area (Å²) in [7, 11) is 0. The quantitative estimate of drug-likeness (QED) is 0.806. The molecule has 2 amide bonds. The molecule has 0 atom stereocenters. The second kappa shape index (κ2) is 8.89. The van der Waals surface area contributed by atoms with E-state index in [0.29, 0.717) is 37.7 Å². The fraction of sp³-hybridized carbons (Fsp3) is 0.579. The van der Waals surface area contributed by atoms with Crippen molar-refractivity contribution in [1.29, 1.82) is 0 Å². The van der Waals surface area contributed by atoms with Crippen LogP contribution in [0.25, 0.3) is 0 Å². The van der Waals surface area contributed by atoms with Crippen molar-refractivity contribution in [2.45, 2.75) is 19.8 Å². The minimum absolute atomic E-state index is 0.0923. The lowest BCUT2D eigenvalue weighted by Gasteiger charge is -2.34. The van der Waals surface area contributed by atoms with Gasteiger partial charge in [0, 0.05) is 39.1 Å². The predicted molar refractivity (Wildman–Crippen MR) is 97.5 cm³/mol. The molecule has 142 valence electrons. The Bertz CT molecular complexity index is 642. The van der Waals surface area contributed by atoms with Crippen LogP contribution in [0.2, 0.25) is 0 Å². The molecule has 0 unspecified atom stereocenters. The number of nitrogens with one attached hydrogen (secondary N) is 1. The number of benzene rings is 1. The monoisotopic (exact) mass is 361 g/mol. The molecular weight excluding hydrogens is 334 g/mol. The number of ether oxygens (including phenoxy) is 2. The Morgan fingerprint density at radius 1 is 1.08 bits per heavy atom. The molecule has 0 spiro atoms. The number of amides is 2. The molecule has 0 aromatic heterocycles. The lowest BCUT2D eigenvalue weighted by atomic mass is 10.1. The number of carbonyl (C=O) groups is 2. The van der Waals surface area contributed by atoms with E-state index < -0.39 is 0 Å². The number of fused-ring (bicyclic) bond motifs is 1. The highest BCUT2D eigenvalue weighted by Crippen LogP contribution is 2.30. The third-order valence-electron chi connectivity index (χ3n) is 4.80. The number of hydrogen-bond donors (Lipinski definition) is 1. The van der Waals surface area contributed by atoms with Crippen LogP contribution in [-0.2, 0) is 16.0 Å². The molecule has 2 aliphatic heterocycles. The number of likely N-dealkylation sites (N-methyl/N-ethyl adjacent to an activating group) is 1. The van der Waals surface area contributed by atoms with Crippen LogP contribution < -0.4 is 14.8 Å². The number of hydrogen-bond acceptors (Lipinski definition) is 5. The van der Waals surface area contributed by atoms with Gasteiger partial charge in [0.25, 0.3) is 0 Å². The maximum absolute atomic E-state index is 12.2. The first-order valence-corrected chi connectivity index (χ1v) is 9.31. The average Bonchev–Trinajstić information content (AvgIpc) is 2.68. The zero-order chi connectivity index (χ0) is 18.4. The van der Waals surface area contributed by atoms with E-state index in [1.807, 2.05) is 23.1 Å². The van der Waals surface area contributed by atoms with Gasteiger partial charge in [-0.2, -0.15) is 0 Å². The average molecular weight is 361 g/mol. The van der Waals surface area contributed by atoms with Crippen LogP contribution in [0.5, 0.6) is 11.5 Å². The highest BCUT2D eigenvalue weighted by molar-refractivity contribution is 5.80. The molecule has 0 radical (unpaired) electrons. The van der Waals surface area contributed by atoms with Crippen LogP contribution in [0.1, 0.15) is 18.9 Å². The summed E-state index contributed by atoms with van der Waals surface area (Å²) >= 11 is 0. The summed E-state index contributed by atoms with van der Waals surface area (Å²) < 4.78 is 11.0. The second-order valence-corrected chi connectivity index (χ2v) is 6.57. The van der Waals surface area contributed by atoms with Crippen LogP contribution >= 0.6 is 0 Å². The van der Waals surface area contributed by atoms with Gasteiger partial charge in [0.2, 0.25) is 11.8 Å². The summed E-state index contributed by atoms with van der Waals surface area (Å²) in [6.45, 7) is 8.02. The lowest BCUT2D eigenvalue weighted by Crippen LogP contribution is -2.49. The van der Waals surface area contributed by atoms with Gasteiger partial charge < -0.3 is 24.6 Å². The van der Waals surface area contributed by atoms with Crippen molar-refractivity contribution < 1.29 is 19.1 Å². The first-order valence-electron chi connectivity index (χ1n) is 9.31. The van der Waals surface area contributed by atoms with Gasteiger partial charge in [-0.15, -0.1) is 0 Å². The Kier molecular flexibility index (Phi) is 6.33. The Balaban J connectivity index is 1.38. The van der Waals surface area contributed by atoms with E-state index in [-0.39, 0.29) is 18.2 Å². The van der Waals surface area contributed by atoms with Gasteiger partial charge in [-0.05, 0) is 24.2 Å². The number of piperazine rings is 1. The zero-order valence-electron chi connectivity index (χ0n) is 15.3. The summed E-state index contributed by atoms with van der Waals surface area (Å²) in [5.74, 6) is 1.42. The Morgan fingerprint density at radius 3 is 2.54 bits per heavy atom. The maximum atomic E-state index is 12.2. The molecule has 1 aromatic rings. The molecule has 0 aliphatic carbocycles. The maximum Gasteiger partial charge on any atom is 0.224 e. The first kappa shape index (κ1) is 18.5. The first-order chi connectivity index (χ1) is 12.7. The SMILES string of the molecule is CCN1CCN(C(=O)CCNC(=O)Cc2ccc3c(c2)OCCO3)CC1. The molecule has 1 saturated heterocycles. The van der Waals surface area contributed by atoms with Crippen LogP contribution in [-0.4, -0.2) is 74.1 Å². The second-order valence-electron chi connectivity index (χ2n) is 6.57. The van der Waals surface area contributed by atoms with Crippen LogP contribution in [0.4, 0.5) is 0 Å². The molecule has 7 heteroatoms. The Hall–Kier alpha value is -2.28. The molecule has 0 bridgehead atoms. The highest BCUT2D eigenvalue weighted by atomic mass is 16.6. The van der Waals surface area contributed by atoms with E-state index in [9.17, 15) is 9.59 Å². The standard InChI is InChI=1S/C19H27N3O4/c1-2-21-7-9-22(10-8-21)19(24)5-6-20-18(23)14-15-3-4-16-17(13-15)26-12-11-25-16/h3-4,13H,2,5-12,14H2,1H3,(H,20,23). The minimum atomic E-state index is -0.0923. The van der Waals surface area contributed by atoms with Crippen molar-refractivity contribution in [3.63, 3.8) is 0 Å². The van der Waals surface area contributed by atoms with Gasteiger partial charge in [0.1, 0.15) is 13.2 Å². The molecular formula is C19H27N3O4. The summed E-state index contributed by atoms with van der Waals surface area (Å²) in [5.41, 5.74) is 0.869. The lowest BCUT2D eigenvalue weighted by molar-refractivity contribution is -0.132. The molecule has 1 aromatic carbocycles. The van der Waals surface area contributed by atoms with Gasteiger partial charge in [-0.1, -0.05) is 13.0 Å². The summed E-state index contributed by atoms with van der Waals surface area (Å²) in [5, 5.41) is 2.83. The third kappa shape index (κ3) is 4.88. The van der Waals surface area contributed by atoms with E-state index in [2.05, 4.69) is 17.1 Å². The van der Waals surface area contributed by atoms with Gasteiger partial charge in [0.15, 0.2) is 11.5 Å².